The molecule has 0 unspecified atom stereocenters. The molecule has 0 spiro atoms. The number of amides is 1. The van der Waals surface area contributed by atoms with Crippen molar-refractivity contribution in [1.82, 2.24) is 5.32 Å². The van der Waals surface area contributed by atoms with Gasteiger partial charge in [0.25, 0.3) is 5.91 Å². The number of carbonyl (C=O) groups excluding carboxylic acids is 1. The zero-order valence-electron chi connectivity index (χ0n) is 14.2. The Labute approximate surface area is 142 Å². The number of hydrogen-bond donors (Lipinski definition) is 1. The second-order valence-corrected chi connectivity index (χ2v) is 5.47. The molecule has 0 aliphatic carbocycles. The summed E-state index contributed by atoms with van der Waals surface area (Å²) < 4.78 is 16.3. The van der Waals surface area contributed by atoms with Crippen LogP contribution in [-0.4, -0.2) is 32.3 Å². The predicted molar refractivity (Wildman–Crippen MR) is 93.0 cm³/mol. The van der Waals surface area contributed by atoms with Crippen LogP contribution in [0.3, 0.4) is 0 Å². The summed E-state index contributed by atoms with van der Waals surface area (Å²) in [7, 11) is 1.61. The van der Waals surface area contributed by atoms with Gasteiger partial charge in [0.15, 0.2) is 0 Å². The molecule has 0 fully saturated rings. The third kappa shape index (κ3) is 5.50. The van der Waals surface area contributed by atoms with Gasteiger partial charge in [-0.3, -0.25) is 4.79 Å². The molecule has 5 nitrogen and oxygen atoms in total. The highest BCUT2D eigenvalue weighted by Gasteiger charge is 2.06. The molecule has 2 rings (SSSR count). The van der Waals surface area contributed by atoms with E-state index in [9.17, 15) is 4.79 Å². The van der Waals surface area contributed by atoms with E-state index in [1.54, 1.807) is 37.4 Å². The average Bonchev–Trinajstić information content (AvgIpc) is 2.59. The maximum absolute atomic E-state index is 12.1. The highest BCUT2D eigenvalue weighted by molar-refractivity contribution is 5.94. The summed E-state index contributed by atoms with van der Waals surface area (Å²) >= 11 is 0. The predicted octanol–water partition coefficient (Wildman–Crippen LogP) is 3.29. The first kappa shape index (κ1) is 17.7. The lowest BCUT2D eigenvalue weighted by Gasteiger charge is -2.11. The van der Waals surface area contributed by atoms with Crippen LogP contribution in [0.1, 0.15) is 24.2 Å². The highest BCUT2D eigenvalue weighted by atomic mass is 16.5. The van der Waals surface area contributed by atoms with Crippen molar-refractivity contribution in [3.8, 4) is 17.2 Å². The molecular formula is C19H23NO4. The average molecular weight is 329 g/mol. The quantitative estimate of drug-likeness (QED) is 0.755. The van der Waals surface area contributed by atoms with E-state index >= 15 is 0 Å². The Hall–Kier alpha value is -2.69. The summed E-state index contributed by atoms with van der Waals surface area (Å²) in [5.74, 6) is 2.06. The first-order chi connectivity index (χ1) is 11.6. The number of carbonyl (C=O) groups is 1. The molecule has 24 heavy (non-hydrogen) atoms. The fraction of sp³-hybridized carbons (Fsp3) is 0.316. The fourth-order valence-electron chi connectivity index (χ4n) is 2.08. The van der Waals surface area contributed by atoms with E-state index in [0.717, 1.165) is 11.5 Å². The van der Waals surface area contributed by atoms with E-state index in [-0.39, 0.29) is 12.0 Å². The smallest absolute Gasteiger partial charge is 0.251 e. The second-order valence-electron chi connectivity index (χ2n) is 5.47. The van der Waals surface area contributed by atoms with Crippen LogP contribution in [0.4, 0.5) is 0 Å². The van der Waals surface area contributed by atoms with Gasteiger partial charge < -0.3 is 19.5 Å². The summed E-state index contributed by atoms with van der Waals surface area (Å²) in [6.45, 7) is 4.72. The molecule has 128 valence electrons. The Morgan fingerprint density at radius 3 is 2.42 bits per heavy atom. The summed E-state index contributed by atoms with van der Waals surface area (Å²) in [5, 5.41) is 2.82. The Morgan fingerprint density at radius 1 is 1.04 bits per heavy atom. The SMILES string of the molecule is COc1cccc(OCCNC(=O)c2ccc(OC(C)C)cc2)c1. The Balaban J connectivity index is 1.76. The molecule has 0 saturated heterocycles. The van der Waals surface area contributed by atoms with Crippen molar-refractivity contribution in [3.63, 3.8) is 0 Å². The van der Waals surface area contributed by atoms with Crippen molar-refractivity contribution >= 4 is 5.91 Å². The van der Waals surface area contributed by atoms with Crippen molar-refractivity contribution in [2.24, 2.45) is 0 Å². The van der Waals surface area contributed by atoms with Gasteiger partial charge >= 0.3 is 0 Å². The zero-order valence-corrected chi connectivity index (χ0v) is 14.2. The summed E-state index contributed by atoms with van der Waals surface area (Å²) in [6, 6.07) is 14.4. The number of hydrogen-bond acceptors (Lipinski definition) is 4. The molecule has 2 aromatic carbocycles. The van der Waals surface area contributed by atoms with Crippen molar-refractivity contribution in [2.75, 3.05) is 20.3 Å². The first-order valence-electron chi connectivity index (χ1n) is 7.90. The molecule has 1 N–H and O–H groups in total. The molecule has 1 amide bonds. The van der Waals surface area contributed by atoms with Crippen LogP contribution in [0.25, 0.3) is 0 Å². The van der Waals surface area contributed by atoms with Crippen LogP contribution in [0, 0.1) is 0 Å². The van der Waals surface area contributed by atoms with Crippen LogP contribution in [0.15, 0.2) is 48.5 Å². The Morgan fingerprint density at radius 2 is 1.75 bits per heavy atom. The maximum Gasteiger partial charge on any atom is 0.251 e. The molecule has 0 bridgehead atoms. The number of rotatable bonds is 8. The Kier molecular flexibility index (Phi) is 6.49. The normalized spacial score (nSPS) is 10.3. The van der Waals surface area contributed by atoms with E-state index in [1.807, 2.05) is 32.0 Å². The van der Waals surface area contributed by atoms with Gasteiger partial charge in [-0.1, -0.05) is 6.07 Å². The van der Waals surface area contributed by atoms with Crippen molar-refractivity contribution in [2.45, 2.75) is 20.0 Å². The minimum Gasteiger partial charge on any atom is -0.497 e. The monoisotopic (exact) mass is 329 g/mol. The van der Waals surface area contributed by atoms with Gasteiger partial charge in [-0.25, -0.2) is 0 Å². The first-order valence-corrected chi connectivity index (χ1v) is 7.90. The third-order valence-corrected chi connectivity index (χ3v) is 3.19. The van der Waals surface area contributed by atoms with Gasteiger partial charge in [-0.15, -0.1) is 0 Å². The van der Waals surface area contributed by atoms with Gasteiger partial charge in [-0.05, 0) is 50.2 Å². The largest absolute Gasteiger partial charge is 0.497 e. The van der Waals surface area contributed by atoms with Gasteiger partial charge in [0.2, 0.25) is 0 Å². The van der Waals surface area contributed by atoms with Crippen LogP contribution in [0.5, 0.6) is 17.2 Å². The summed E-state index contributed by atoms with van der Waals surface area (Å²) in [5.41, 5.74) is 0.590. The molecule has 0 saturated carbocycles. The van der Waals surface area contributed by atoms with E-state index in [4.69, 9.17) is 14.2 Å². The number of nitrogens with one attached hydrogen (secondary N) is 1. The van der Waals surface area contributed by atoms with Gasteiger partial charge in [-0.2, -0.15) is 0 Å². The zero-order chi connectivity index (χ0) is 17.4. The third-order valence-electron chi connectivity index (χ3n) is 3.19. The number of ether oxygens (including phenoxy) is 3. The van der Waals surface area contributed by atoms with Gasteiger partial charge in [0.05, 0.1) is 19.8 Å². The van der Waals surface area contributed by atoms with Crippen molar-refractivity contribution < 1.29 is 19.0 Å². The Bertz CT molecular complexity index is 653. The molecule has 2 aromatic rings. The second kappa shape index (κ2) is 8.82. The summed E-state index contributed by atoms with van der Waals surface area (Å²) in [6.07, 6.45) is 0.110. The summed E-state index contributed by atoms with van der Waals surface area (Å²) in [4.78, 5) is 12.1. The molecule has 0 aliphatic rings. The van der Waals surface area contributed by atoms with E-state index < -0.39 is 0 Å². The standard InChI is InChI=1S/C19H23NO4/c1-14(2)24-16-9-7-15(8-10-16)19(21)20-11-12-23-18-6-4-5-17(13-18)22-3/h4-10,13-14H,11-12H2,1-3H3,(H,20,21). The molecule has 0 radical (unpaired) electrons. The van der Waals surface area contributed by atoms with E-state index in [1.165, 1.54) is 0 Å². The number of benzene rings is 2. The molecular weight excluding hydrogens is 306 g/mol. The highest BCUT2D eigenvalue weighted by Crippen LogP contribution is 2.18. The lowest BCUT2D eigenvalue weighted by Crippen LogP contribution is -2.28. The van der Waals surface area contributed by atoms with Gasteiger partial charge in [0.1, 0.15) is 23.9 Å². The lowest BCUT2D eigenvalue weighted by atomic mass is 10.2. The van der Waals surface area contributed by atoms with Crippen LogP contribution < -0.4 is 19.5 Å². The minimum absolute atomic E-state index is 0.110. The maximum atomic E-state index is 12.1. The van der Waals surface area contributed by atoms with Crippen LogP contribution in [0.2, 0.25) is 0 Å². The van der Waals surface area contributed by atoms with E-state index in [2.05, 4.69) is 5.32 Å². The van der Waals surface area contributed by atoms with Gasteiger partial charge in [0, 0.05) is 11.6 Å². The molecule has 0 atom stereocenters. The molecule has 0 aliphatic heterocycles. The van der Waals surface area contributed by atoms with Crippen LogP contribution >= 0.6 is 0 Å². The van der Waals surface area contributed by atoms with Crippen molar-refractivity contribution in [1.29, 1.82) is 0 Å². The topological polar surface area (TPSA) is 56.8 Å². The molecule has 0 heterocycles. The van der Waals surface area contributed by atoms with Crippen molar-refractivity contribution in [3.05, 3.63) is 54.1 Å². The molecule has 0 aromatic heterocycles. The van der Waals surface area contributed by atoms with Crippen LogP contribution in [-0.2, 0) is 0 Å². The minimum atomic E-state index is -0.139. The molecule has 5 heteroatoms. The number of methoxy groups -OCH3 is 1. The fourth-order valence-corrected chi connectivity index (χ4v) is 2.08. The van der Waals surface area contributed by atoms with E-state index in [0.29, 0.717) is 24.5 Å². The lowest BCUT2D eigenvalue weighted by molar-refractivity contribution is 0.0947.